The number of carbonyl (C=O) groups excluding carboxylic acids is 2. The predicted molar refractivity (Wildman–Crippen MR) is 100 cm³/mol. The molecule has 1 aliphatic rings. The summed E-state index contributed by atoms with van der Waals surface area (Å²) in [7, 11) is 3.36. The van der Waals surface area contributed by atoms with E-state index in [-0.39, 0.29) is 30.5 Å². The highest BCUT2D eigenvalue weighted by Crippen LogP contribution is 2.18. The first kappa shape index (κ1) is 18.4. The van der Waals surface area contributed by atoms with Gasteiger partial charge in [-0.15, -0.1) is 0 Å². The number of hydrogen-bond donors (Lipinski definition) is 3. The largest absolute Gasteiger partial charge is 0.375 e. The molecule has 0 radical (unpaired) electrons. The monoisotopic (exact) mass is 358 g/mol. The predicted octanol–water partition coefficient (Wildman–Crippen LogP) is 1.04. The van der Waals surface area contributed by atoms with E-state index in [0.717, 1.165) is 16.5 Å². The maximum atomic E-state index is 12.7. The number of aromatic nitrogens is 1. The average molecular weight is 358 g/mol. The summed E-state index contributed by atoms with van der Waals surface area (Å²) < 4.78 is 4.93. The summed E-state index contributed by atoms with van der Waals surface area (Å²) in [6.07, 6.45) is 0.700. The Bertz CT molecular complexity index is 801. The van der Waals surface area contributed by atoms with Crippen molar-refractivity contribution >= 4 is 22.7 Å². The Morgan fingerprint density at radius 2 is 2.12 bits per heavy atom. The van der Waals surface area contributed by atoms with Crippen LogP contribution in [0.2, 0.25) is 0 Å². The fourth-order valence-electron chi connectivity index (χ4n) is 3.48. The number of rotatable bonds is 5. The number of ether oxygens (including phenoxy) is 1. The molecule has 7 nitrogen and oxygen atoms in total. The number of nitrogens with zero attached hydrogens (tertiary/aromatic N) is 1. The molecule has 0 spiro atoms. The van der Waals surface area contributed by atoms with Gasteiger partial charge in [-0.3, -0.25) is 9.59 Å². The van der Waals surface area contributed by atoms with Crippen molar-refractivity contribution in [3.05, 3.63) is 35.5 Å². The number of methoxy groups -OCH3 is 1. The Morgan fingerprint density at radius 3 is 2.85 bits per heavy atom. The molecular formula is C19H26N4O3. The standard InChI is InChI=1S/C19H26N4O3/c1-12-4-5-14-13(8-12)9-16(21-14)19(25)22-15-6-7-23(10-17(15)20-2)18(24)11-26-3/h4-5,8-9,15,17,20-21H,6-7,10-11H2,1-3H3,(H,22,25)/t15-,17+/m0/s1. The number of benzene rings is 1. The summed E-state index contributed by atoms with van der Waals surface area (Å²) in [5.74, 6) is -0.149. The number of nitrogens with one attached hydrogen (secondary N) is 3. The molecule has 1 saturated heterocycles. The number of fused-ring (bicyclic) bond motifs is 1. The van der Waals surface area contributed by atoms with Gasteiger partial charge in [-0.05, 0) is 38.6 Å². The van der Waals surface area contributed by atoms with Crippen LogP contribution in [0.15, 0.2) is 24.3 Å². The first-order chi connectivity index (χ1) is 12.5. The van der Waals surface area contributed by atoms with Crippen molar-refractivity contribution in [1.29, 1.82) is 0 Å². The zero-order valence-corrected chi connectivity index (χ0v) is 15.5. The van der Waals surface area contributed by atoms with Gasteiger partial charge < -0.3 is 25.3 Å². The molecule has 7 heteroatoms. The van der Waals surface area contributed by atoms with Gasteiger partial charge in [0.05, 0.1) is 0 Å². The Morgan fingerprint density at radius 1 is 1.31 bits per heavy atom. The molecule has 1 aromatic carbocycles. The van der Waals surface area contributed by atoms with E-state index in [9.17, 15) is 9.59 Å². The van der Waals surface area contributed by atoms with Gasteiger partial charge >= 0.3 is 0 Å². The van der Waals surface area contributed by atoms with Gasteiger partial charge in [-0.2, -0.15) is 0 Å². The van der Waals surface area contributed by atoms with Crippen LogP contribution in [0.25, 0.3) is 10.9 Å². The van der Waals surface area contributed by atoms with Crippen molar-refractivity contribution in [2.24, 2.45) is 0 Å². The molecule has 26 heavy (non-hydrogen) atoms. The van der Waals surface area contributed by atoms with E-state index in [2.05, 4.69) is 21.7 Å². The van der Waals surface area contributed by atoms with E-state index in [1.807, 2.05) is 32.2 Å². The third kappa shape index (κ3) is 3.89. The Hall–Kier alpha value is -2.38. The molecule has 1 aromatic heterocycles. The smallest absolute Gasteiger partial charge is 0.268 e. The minimum atomic E-state index is -0.124. The number of aromatic amines is 1. The third-order valence-electron chi connectivity index (χ3n) is 4.94. The fourth-order valence-corrected chi connectivity index (χ4v) is 3.48. The lowest BCUT2D eigenvalue weighted by Gasteiger charge is -2.38. The van der Waals surface area contributed by atoms with Gasteiger partial charge in [0, 0.05) is 43.2 Å². The van der Waals surface area contributed by atoms with Gasteiger partial charge in [0.2, 0.25) is 5.91 Å². The molecule has 0 unspecified atom stereocenters. The van der Waals surface area contributed by atoms with Crippen LogP contribution in [-0.2, 0) is 9.53 Å². The molecular weight excluding hydrogens is 332 g/mol. The van der Waals surface area contributed by atoms with Crippen LogP contribution in [0.4, 0.5) is 0 Å². The molecule has 0 aliphatic carbocycles. The van der Waals surface area contributed by atoms with E-state index in [0.29, 0.717) is 25.2 Å². The lowest BCUT2D eigenvalue weighted by molar-refractivity contribution is -0.136. The quantitative estimate of drug-likeness (QED) is 0.745. The fraction of sp³-hybridized carbons (Fsp3) is 0.474. The Labute approximate surface area is 153 Å². The number of carbonyl (C=O) groups is 2. The number of hydrogen-bond acceptors (Lipinski definition) is 4. The van der Waals surface area contributed by atoms with Crippen LogP contribution in [0.5, 0.6) is 0 Å². The number of aryl methyl sites for hydroxylation is 1. The molecule has 0 saturated carbocycles. The van der Waals surface area contributed by atoms with Gasteiger partial charge in [-0.25, -0.2) is 0 Å². The molecule has 2 aromatic rings. The lowest BCUT2D eigenvalue weighted by atomic mass is 9.99. The van der Waals surface area contributed by atoms with Crippen LogP contribution >= 0.6 is 0 Å². The Balaban J connectivity index is 1.67. The van der Waals surface area contributed by atoms with Crippen LogP contribution in [0.1, 0.15) is 22.5 Å². The number of likely N-dealkylation sites (N-methyl/N-ethyl adjacent to an activating group) is 1. The zero-order valence-electron chi connectivity index (χ0n) is 15.5. The molecule has 1 fully saturated rings. The second kappa shape index (κ2) is 7.88. The molecule has 2 amide bonds. The zero-order chi connectivity index (χ0) is 18.7. The normalized spacial score (nSPS) is 20.3. The van der Waals surface area contributed by atoms with E-state index in [1.54, 1.807) is 4.90 Å². The van der Waals surface area contributed by atoms with Gasteiger partial charge in [0.1, 0.15) is 12.3 Å². The second-order valence-electron chi connectivity index (χ2n) is 6.81. The number of H-pyrrole nitrogens is 1. The van der Waals surface area contributed by atoms with Crippen molar-refractivity contribution in [3.63, 3.8) is 0 Å². The van der Waals surface area contributed by atoms with Crippen molar-refractivity contribution in [1.82, 2.24) is 20.5 Å². The summed E-state index contributed by atoms with van der Waals surface area (Å²) in [6.45, 7) is 3.27. The van der Waals surface area contributed by atoms with Crippen LogP contribution in [0, 0.1) is 6.92 Å². The summed E-state index contributed by atoms with van der Waals surface area (Å²) in [5, 5.41) is 7.34. The highest BCUT2D eigenvalue weighted by Gasteiger charge is 2.31. The maximum absolute atomic E-state index is 12.7. The van der Waals surface area contributed by atoms with Gasteiger partial charge in [-0.1, -0.05) is 11.6 Å². The topological polar surface area (TPSA) is 86.5 Å². The van der Waals surface area contributed by atoms with E-state index in [1.165, 1.54) is 7.11 Å². The molecule has 0 bridgehead atoms. The van der Waals surface area contributed by atoms with E-state index in [4.69, 9.17) is 4.74 Å². The Kier molecular flexibility index (Phi) is 5.58. The minimum Gasteiger partial charge on any atom is -0.375 e. The van der Waals surface area contributed by atoms with Crippen molar-refractivity contribution in [3.8, 4) is 0 Å². The van der Waals surface area contributed by atoms with Gasteiger partial charge in [0.15, 0.2) is 0 Å². The first-order valence-electron chi connectivity index (χ1n) is 8.86. The molecule has 3 rings (SSSR count). The first-order valence-corrected chi connectivity index (χ1v) is 8.86. The molecule has 2 atom stereocenters. The average Bonchev–Trinajstić information content (AvgIpc) is 3.05. The SMILES string of the molecule is CN[C@@H]1CN(C(=O)COC)CC[C@@H]1NC(=O)c1cc2cc(C)ccc2[nH]1. The van der Waals surface area contributed by atoms with Gasteiger partial charge in [0.25, 0.3) is 5.91 Å². The summed E-state index contributed by atoms with van der Waals surface area (Å²) in [6, 6.07) is 7.90. The van der Waals surface area contributed by atoms with Crippen LogP contribution in [0.3, 0.4) is 0 Å². The molecule has 3 N–H and O–H groups in total. The number of piperidine rings is 1. The van der Waals surface area contributed by atoms with Crippen LogP contribution < -0.4 is 10.6 Å². The van der Waals surface area contributed by atoms with E-state index >= 15 is 0 Å². The summed E-state index contributed by atoms with van der Waals surface area (Å²) >= 11 is 0. The minimum absolute atomic E-state index is 0.000119. The van der Waals surface area contributed by atoms with Crippen molar-refractivity contribution in [2.75, 3.05) is 33.9 Å². The molecule has 1 aliphatic heterocycles. The van der Waals surface area contributed by atoms with E-state index < -0.39 is 0 Å². The second-order valence-corrected chi connectivity index (χ2v) is 6.81. The molecule has 140 valence electrons. The van der Waals surface area contributed by atoms with Crippen molar-refractivity contribution < 1.29 is 14.3 Å². The number of amides is 2. The highest BCUT2D eigenvalue weighted by molar-refractivity contribution is 5.98. The molecule has 2 heterocycles. The third-order valence-corrected chi connectivity index (χ3v) is 4.94. The highest BCUT2D eigenvalue weighted by atomic mass is 16.5. The summed E-state index contributed by atoms with van der Waals surface area (Å²) in [4.78, 5) is 29.6. The van der Waals surface area contributed by atoms with Crippen LogP contribution in [-0.4, -0.2) is 67.6 Å². The van der Waals surface area contributed by atoms with Crippen molar-refractivity contribution in [2.45, 2.75) is 25.4 Å². The summed E-state index contributed by atoms with van der Waals surface area (Å²) in [5.41, 5.74) is 2.66. The maximum Gasteiger partial charge on any atom is 0.268 e. The lowest BCUT2D eigenvalue weighted by Crippen LogP contribution is -2.60. The number of likely N-dealkylation sites (tertiary alicyclic amines) is 1.